The summed E-state index contributed by atoms with van der Waals surface area (Å²) in [6, 6.07) is 12.3. The first-order valence-electron chi connectivity index (χ1n) is 13.0. The van der Waals surface area contributed by atoms with Gasteiger partial charge in [-0.1, -0.05) is 25.1 Å². The molecule has 2 aromatic rings. The lowest BCUT2D eigenvalue weighted by molar-refractivity contribution is -0.132. The van der Waals surface area contributed by atoms with Gasteiger partial charge in [-0.3, -0.25) is 14.4 Å². The molecule has 1 spiro atoms. The van der Waals surface area contributed by atoms with E-state index in [1.54, 1.807) is 17.8 Å². The minimum absolute atomic E-state index is 0.00685. The first-order valence-corrected chi connectivity index (χ1v) is 14.2. The quantitative estimate of drug-likeness (QED) is 0.547. The average Bonchev–Trinajstić information content (AvgIpc) is 3.16. The minimum atomic E-state index is -0.171. The van der Waals surface area contributed by atoms with Crippen LogP contribution >= 0.6 is 11.8 Å². The van der Waals surface area contributed by atoms with E-state index in [4.69, 9.17) is 5.73 Å². The molecule has 190 valence electrons. The number of nitrogens with two attached hydrogens (primary N) is 1. The number of nitrogens with zero attached hydrogens (tertiary/aromatic N) is 1. The highest BCUT2D eigenvalue weighted by Gasteiger charge is 2.44. The smallest absolute Gasteiger partial charge is 0.253 e. The molecular formula is C29H35N3O3S. The van der Waals surface area contributed by atoms with Gasteiger partial charge in [0, 0.05) is 54.5 Å². The Labute approximate surface area is 217 Å². The lowest BCUT2D eigenvalue weighted by Crippen LogP contribution is -2.44. The van der Waals surface area contributed by atoms with Crippen LogP contribution in [0.2, 0.25) is 0 Å². The lowest BCUT2D eigenvalue weighted by atomic mass is 9.73. The molecule has 6 nitrogen and oxygen atoms in total. The number of thioether (sulfide) groups is 1. The van der Waals surface area contributed by atoms with Crippen LogP contribution < -0.4 is 11.1 Å². The Morgan fingerprint density at radius 1 is 1.17 bits per heavy atom. The normalized spacial score (nSPS) is 22.3. The summed E-state index contributed by atoms with van der Waals surface area (Å²) in [6.45, 7) is 4.28. The highest BCUT2D eigenvalue weighted by molar-refractivity contribution is 7.98. The van der Waals surface area contributed by atoms with Gasteiger partial charge < -0.3 is 16.0 Å². The first-order chi connectivity index (χ1) is 17.3. The van der Waals surface area contributed by atoms with E-state index in [-0.39, 0.29) is 35.4 Å². The third-order valence-corrected chi connectivity index (χ3v) is 9.17. The summed E-state index contributed by atoms with van der Waals surface area (Å²) < 4.78 is 0. The molecule has 3 N–H and O–H groups in total. The van der Waals surface area contributed by atoms with Crippen molar-refractivity contribution in [1.82, 2.24) is 4.90 Å². The van der Waals surface area contributed by atoms with Gasteiger partial charge in [-0.25, -0.2) is 0 Å². The Morgan fingerprint density at radius 2 is 1.94 bits per heavy atom. The second-order valence-electron chi connectivity index (χ2n) is 10.7. The Morgan fingerprint density at radius 3 is 2.58 bits per heavy atom. The number of carbonyl (C=O) groups excluding carboxylic acids is 3. The maximum Gasteiger partial charge on any atom is 0.253 e. The summed E-state index contributed by atoms with van der Waals surface area (Å²) in [5.41, 5.74) is 11.3. The number of hydrogen-bond acceptors (Lipinski definition) is 5. The Bertz CT molecular complexity index is 1200. The van der Waals surface area contributed by atoms with Crippen molar-refractivity contribution in [1.29, 1.82) is 0 Å². The van der Waals surface area contributed by atoms with E-state index < -0.39 is 0 Å². The zero-order valence-corrected chi connectivity index (χ0v) is 22.0. The number of hydrogen-bond donors (Lipinski definition) is 2. The van der Waals surface area contributed by atoms with E-state index in [0.717, 1.165) is 30.6 Å². The monoisotopic (exact) mass is 505 g/mol. The van der Waals surface area contributed by atoms with Crippen LogP contribution in [-0.4, -0.2) is 41.8 Å². The fourth-order valence-corrected chi connectivity index (χ4v) is 6.74. The molecule has 0 aromatic heterocycles. The van der Waals surface area contributed by atoms with Gasteiger partial charge in [0.15, 0.2) is 0 Å². The number of fused-ring (bicyclic) bond motifs is 2. The van der Waals surface area contributed by atoms with Crippen LogP contribution in [0.4, 0.5) is 5.69 Å². The van der Waals surface area contributed by atoms with E-state index in [9.17, 15) is 14.4 Å². The van der Waals surface area contributed by atoms with E-state index in [1.165, 1.54) is 16.7 Å². The molecule has 1 aliphatic heterocycles. The number of benzene rings is 2. The topological polar surface area (TPSA) is 92.5 Å². The summed E-state index contributed by atoms with van der Waals surface area (Å²) in [5.74, 6) is 0.372. The van der Waals surface area contributed by atoms with Crippen molar-refractivity contribution in [2.24, 2.45) is 11.7 Å². The molecule has 1 heterocycles. The highest BCUT2D eigenvalue weighted by atomic mass is 32.2. The van der Waals surface area contributed by atoms with Crippen molar-refractivity contribution in [2.45, 2.75) is 68.2 Å². The third kappa shape index (κ3) is 4.71. The Kier molecular flexibility index (Phi) is 6.97. The number of nitrogens with one attached hydrogen (secondary N) is 1. The molecule has 2 amide bonds. The number of anilines is 1. The SMILES string of the molecule is CSc1cc(NC(=O)CC2CCC2=O)cc(C(=O)N2CCC3(CC2)CC(C)c2ccc(CN)cc23)c1. The van der Waals surface area contributed by atoms with Crippen LogP contribution in [0.3, 0.4) is 0 Å². The summed E-state index contributed by atoms with van der Waals surface area (Å²) in [4.78, 5) is 40.5. The fraction of sp³-hybridized carbons (Fsp3) is 0.483. The molecule has 2 aliphatic carbocycles. The average molecular weight is 506 g/mol. The zero-order chi connectivity index (χ0) is 25.4. The van der Waals surface area contributed by atoms with E-state index in [0.29, 0.717) is 43.2 Å². The molecule has 5 rings (SSSR count). The minimum Gasteiger partial charge on any atom is -0.339 e. The van der Waals surface area contributed by atoms with E-state index >= 15 is 0 Å². The second kappa shape index (κ2) is 10.0. The van der Waals surface area contributed by atoms with Gasteiger partial charge in [-0.2, -0.15) is 0 Å². The Balaban J connectivity index is 1.29. The van der Waals surface area contributed by atoms with Gasteiger partial charge in [-0.15, -0.1) is 11.8 Å². The predicted molar refractivity (Wildman–Crippen MR) is 143 cm³/mol. The molecule has 1 saturated carbocycles. The molecule has 7 heteroatoms. The number of ketones is 1. The van der Waals surface area contributed by atoms with Gasteiger partial charge in [0.05, 0.1) is 0 Å². The number of carbonyl (C=O) groups is 3. The van der Waals surface area contributed by atoms with Crippen LogP contribution in [0, 0.1) is 5.92 Å². The van der Waals surface area contributed by atoms with Crippen molar-refractivity contribution >= 4 is 35.0 Å². The maximum absolute atomic E-state index is 13.5. The molecule has 2 unspecified atom stereocenters. The van der Waals surface area contributed by atoms with Gasteiger partial charge in [0.1, 0.15) is 5.78 Å². The molecule has 2 aromatic carbocycles. The summed E-state index contributed by atoms with van der Waals surface area (Å²) in [6.07, 6.45) is 6.56. The standard InChI is InChI=1S/C29H35N3O3S/c1-18-16-29(25-11-19(17-30)3-5-24(18)25)7-9-32(10-8-29)28(35)21-12-22(15-23(13-21)36-2)31-27(34)14-20-4-6-26(20)33/h3,5,11-13,15,18,20H,4,6-10,14,16-17,30H2,1-2H3,(H,31,34). The molecular weight excluding hydrogens is 470 g/mol. The van der Waals surface area contributed by atoms with Crippen LogP contribution in [0.15, 0.2) is 41.3 Å². The number of rotatable bonds is 6. The van der Waals surface area contributed by atoms with Crippen LogP contribution in [-0.2, 0) is 21.5 Å². The predicted octanol–water partition coefficient (Wildman–Crippen LogP) is 4.86. The number of likely N-dealkylation sites (tertiary alicyclic amines) is 1. The van der Waals surface area contributed by atoms with Crippen molar-refractivity contribution < 1.29 is 14.4 Å². The summed E-state index contributed by atoms with van der Waals surface area (Å²) in [7, 11) is 0. The van der Waals surface area contributed by atoms with Gasteiger partial charge in [-0.05, 0) is 78.2 Å². The van der Waals surface area contributed by atoms with Crippen molar-refractivity contribution in [2.75, 3.05) is 24.7 Å². The summed E-state index contributed by atoms with van der Waals surface area (Å²) >= 11 is 1.54. The highest BCUT2D eigenvalue weighted by Crippen LogP contribution is 2.51. The summed E-state index contributed by atoms with van der Waals surface area (Å²) in [5, 5.41) is 2.92. The van der Waals surface area contributed by atoms with Crippen LogP contribution in [0.5, 0.6) is 0 Å². The van der Waals surface area contributed by atoms with E-state index in [1.807, 2.05) is 23.3 Å². The maximum atomic E-state index is 13.5. The number of amides is 2. The lowest BCUT2D eigenvalue weighted by Gasteiger charge is -2.40. The van der Waals surface area contributed by atoms with Crippen LogP contribution in [0.1, 0.15) is 78.4 Å². The van der Waals surface area contributed by atoms with Crippen molar-refractivity contribution in [3.05, 3.63) is 58.7 Å². The third-order valence-electron chi connectivity index (χ3n) is 8.46. The largest absolute Gasteiger partial charge is 0.339 e. The Hall–Kier alpha value is -2.64. The van der Waals surface area contributed by atoms with Crippen molar-refractivity contribution in [3.8, 4) is 0 Å². The zero-order valence-electron chi connectivity index (χ0n) is 21.1. The number of Topliss-reactive ketones (excluding diaryl/α,β-unsaturated/α-hetero) is 1. The molecule has 0 bridgehead atoms. The second-order valence-corrected chi connectivity index (χ2v) is 11.6. The molecule has 1 saturated heterocycles. The number of piperidine rings is 1. The van der Waals surface area contributed by atoms with Crippen molar-refractivity contribution in [3.63, 3.8) is 0 Å². The van der Waals surface area contributed by atoms with Gasteiger partial charge in [0.25, 0.3) is 5.91 Å². The molecule has 0 radical (unpaired) electrons. The van der Waals surface area contributed by atoms with Crippen LogP contribution in [0.25, 0.3) is 0 Å². The molecule has 36 heavy (non-hydrogen) atoms. The first kappa shape index (κ1) is 25.0. The molecule has 2 fully saturated rings. The molecule has 3 aliphatic rings. The fourth-order valence-electron chi connectivity index (χ4n) is 6.25. The van der Waals surface area contributed by atoms with Gasteiger partial charge >= 0.3 is 0 Å². The van der Waals surface area contributed by atoms with E-state index in [2.05, 4.69) is 30.4 Å². The molecule has 2 atom stereocenters. The van der Waals surface area contributed by atoms with Gasteiger partial charge in [0.2, 0.25) is 5.91 Å².